The number of aromatic nitrogens is 3. The van der Waals surface area contributed by atoms with Crippen LogP contribution in [-0.2, 0) is 13.7 Å². The molecule has 1 heterocycles. The molecule has 2 aromatic carbocycles. The lowest BCUT2D eigenvalue weighted by Gasteiger charge is -2.07. The molecule has 1 N–H and O–H groups in total. The number of aromatic amines is 1. The highest BCUT2D eigenvalue weighted by molar-refractivity contribution is 7.71. The van der Waals surface area contributed by atoms with Crippen molar-refractivity contribution < 1.29 is 4.74 Å². The summed E-state index contributed by atoms with van der Waals surface area (Å²) in [6, 6.07) is 17.9. The smallest absolute Gasteiger partial charge is 0.195 e. The number of benzene rings is 2. The molecule has 21 heavy (non-hydrogen) atoms. The number of nitrogens with one attached hydrogen (secondary N) is 1. The SMILES string of the molecule is Cn1c(-c2ccc(OCc3ccccc3)cc2)n[nH]c1=S. The third-order valence-electron chi connectivity index (χ3n) is 3.24. The van der Waals surface area contributed by atoms with Gasteiger partial charge in [0.05, 0.1) is 0 Å². The topological polar surface area (TPSA) is 42.8 Å². The van der Waals surface area contributed by atoms with E-state index >= 15 is 0 Å². The van der Waals surface area contributed by atoms with Gasteiger partial charge in [-0.3, -0.25) is 5.10 Å². The van der Waals surface area contributed by atoms with Gasteiger partial charge in [0.15, 0.2) is 10.6 Å². The molecule has 4 nitrogen and oxygen atoms in total. The van der Waals surface area contributed by atoms with Crippen LogP contribution in [0.5, 0.6) is 5.75 Å². The molecule has 0 atom stereocenters. The zero-order chi connectivity index (χ0) is 14.7. The maximum Gasteiger partial charge on any atom is 0.195 e. The lowest BCUT2D eigenvalue weighted by Crippen LogP contribution is -1.96. The van der Waals surface area contributed by atoms with Crippen molar-refractivity contribution in [1.82, 2.24) is 14.8 Å². The summed E-state index contributed by atoms with van der Waals surface area (Å²) in [4.78, 5) is 0. The molecule has 0 aliphatic carbocycles. The quantitative estimate of drug-likeness (QED) is 0.746. The summed E-state index contributed by atoms with van der Waals surface area (Å²) in [5.41, 5.74) is 2.15. The van der Waals surface area contributed by atoms with Crippen LogP contribution in [0.25, 0.3) is 11.4 Å². The van der Waals surface area contributed by atoms with E-state index in [1.807, 2.05) is 66.2 Å². The van der Waals surface area contributed by atoms with E-state index < -0.39 is 0 Å². The monoisotopic (exact) mass is 297 g/mol. The van der Waals surface area contributed by atoms with Crippen LogP contribution in [0.1, 0.15) is 5.56 Å². The molecule has 0 amide bonds. The molecule has 0 saturated heterocycles. The number of rotatable bonds is 4. The Hall–Kier alpha value is -2.40. The van der Waals surface area contributed by atoms with Crippen LogP contribution in [-0.4, -0.2) is 14.8 Å². The van der Waals surface area contributed by atoms with Gasteiger partial charge in [0.1, 0.15) is 12.4 Å². The molecule has 0 aliphatic heterocycles. The average Bonchev–Trinajstić information content (AvgIpc) is 2.87. The van der Waals surface area contributed by atoms with Crippen LogP contribution in [0.2, 0.25) is 0 Å². The molecule has 0 fully saturated rings. The van der Waals surface area contributed by atoms with E-state index in [2.05, 4.69) is 10.2 Å². The van der Waals surface area contributed by atoms with Gasteiger partial charge < -0.3 is 9.30 Å². The highest BCUT2D eigenvalue weighted by atomic mass is 32.1. The van der Waals surface area contributed by atoms with Crippen LogP contribution in [0.15, 0.2) is 54.6 Å². The van der Waals surface area contributed by atoms with Crippen LogP contribution < -0.4 is 4.74 Å². The molecule has 3 aromatic rings. The standard InChI is InChI=1S/C16H15N3OS/c1-19-15(17-18-16(19)21)13-7-9-14(10-8-13)20-11-12-5-3-2-4-6-12/h2-10H,11H2,1H3,(H,18,21). The minimum atomic E-state index is 0.562. The largest absolute Gasteiger partial charge is 0.489 e. The molecule has 0 spiro atoms. The van der Waals surface area contributed by atoms with Crippen molar-refractivity contribution in [3.63, 3.8) is 0 Å². The Kier molecular flexibility index (Phi) is 3.83. The van der Waals surface area contributed by atoms with Gasteiger partial charge in [-0.1, -0.05) is 30.3 Å². The maximum atomic E-state index is 5.76. The second kappa shape index (κ2) is 5.93. The maximum absolute atomic E-state index is 5.76. The highest BCUT2D eigenvalue weighted by Gasteiger charge is 2.05. The Balaban J connectivity index is 1.72. The lowest BCUT2D eigenvalue weighted by molar-refractivity contribution is 0.306. The summed E-state index contributed by atoms with van der Waals surface area (Å²) in [7, 11) is 1.89. The zero-order valence-electron chi connectivity index (χ0n) is 11.6. The molecule has 0 radical (unpaired) electrons. The lowest BCUT2D eigenvalue weighted by atomic mass is 10.2. The fourth-order valence-electron chi connectivity index (χ4n) is 2.05. The summed E-state index contributed by atoms with van der Waals surface area (Å²) < 4.78 is 8.21. The Morgan fingerprint density at radius 3 is 2.43 bits per heavy atom. The van der Waals surface area contributed by atoms with E-state index in [-0.39, 0.29) is 0 Å². The molecular formula is C16H15N3OS. The Labute approximate surface area is 128 Å². The predicted molar refractivity (Wildman–Crippen MR) is 84.6 cm³/mol. The molecule has 0 saturated carbocycles. The van der Waals surface area contributed by atoms with Gasteiger partial charge in [-0.25, -0.2) is 0 Å². The van der Waals surface area contributed by atoms with E-state index in [1.54, 1.807) is 0 Å². The van der Waals surface area contributed by atoms with Crippen molar-refractivity contribution in [2.24, 2.45) is 7.05 Å². The summed E-state index contributed by atoms with van der Waals surface area (Å²) in [6.45, 7) is 0.562. The summed E-state index contributed by atoms with van der Waals surface area (Å²) >= 11 is 5.12. The van der Waals surface area contributed by atoms with Gasteiger partial charge in [-0.15, -0.1) is 0 Å². The first kappa shape index (κ1) is 13.6. The van der Waals surface area contributed by atoms with Crippen molar-refractivity contribution in [2.45, 2.75) is 6.61 Å². The van der Waals surface area contributed by atoms with Crippen LogP contribution in [0.3, 0.4) is 0 Å². The number of hydrogen-bond donors (Lipinski definition) is 1. The summed E-state index contributed by atoms with van der Waals surface area (Å²) in [5.74, 6) is 1.65. The van der Waals surface area contributed by atoms with Crippen molar-refractivity contribution >= 4 is 12.2 Å². The summed E-state index contributed by atoms with van der Waals surface area (Å²) in [5, 5.41) is 6.99. The molecule has 0 aliphatic rings. The van der Waals surface area contributed by atoms with E-state index in [4.69, 9.17) is 17.0 Å². The average molecular weight is 297 g/mol. The third-order valence-corrected chi connectivity index (χ3v) is 3.61. The van der Waals surface area contributed by atoms with Crippen molar-refractivity contribution in [3.8, 4) is 17.1 Å². The van der Waals surface area contributed by atoms with E-state index in [0.717, 1.165) is 22.7 Å². The van der Waals surface area contributed by atoms with Gasteiger partial charge in [-0.05, 0) is 42.0 Å². The van der Waals surface area contributed by atoms with Gasteiger partial charge in [0.25, 0.3) is 0 Å². The van der Waals surface area contributed by atoms with Crippen molar-refractivity contribution in [1.29, 1.82) is 0 Å². The first-order valence-corrected chi connectivity index (χ1v) is 7.03. The Morgan fingerprint density at radius 1 is 1.10 bits per heavy atom. The fraction of sp³-hybridized carbons (Fsp3) is 0.125. The van der Waals surface area contributed by atoms with Crippen molar-refractivity contribution in [2.75, 3.05) is 0 Å². The van der Waals surface area contributed by atoms with Gasteiger partial charge in [0, 0.05) is 12.6 Å². The number of ether oxygens (including phenoxy) is 1. The number of H-pyrrole nitrogens is 1. The summed E-state index contributed by atoms with van der Waals surface area (Å²) in [6.07, 6.45) is 0. The minimum absolute atomic E-state index is 0.562. The third kappa shape index (κ3) is 3.03. The van der Waals surface area contributed by atoms with Gasteiger partial charge >= 0.3 is 0 Å². The molecule has 0 unspecified atom stereocenters. The first-order valence-electron chi connectivity index (χ1n) is 6.62. The predicted octanol–water partition coefficient (Wildman–Crippen LogP) is 3.72. The normalized spacial score (nSPS) is 10.5. The molecule has 3 rings (SSSR count). The van der Waals surface area contributed by atoms with E-state index in [1.165, 1.54) is 0 Å². The zero-order valence-corrected chi connectivity index (χ0v) is 12.4. The van der Waals surface area contributed by atoms with Crippen molar-refractivity contribution in [3.05, 3.63) is 64.9 Å². The minimum Gasteiger partial charge on any atom is -0.489 e. The first-order chi connectivity index (χ1) is 10.2. The van der Waals surface area contributed by atoms with Crippen LogP contribution in [0, 0.1) is 4.77 Å². The molecule has 5 heteroatoms. The molecule has 106 valence electrons. The molecule has 1 aromatic heterocycles. The molecule has 0 bridgehead atoms. The van der Waals surface area contributed by atoms with Gasteiger partial charge in [-0.2, -0.15) is 5.10 Å². The molecular weight excluding hydrogens is 282 g/mol. The Morgan fingerprint density at radius 2 is 1.81 bits per heavy atom. The Bertz CT molecular complexity index is 775. The van der Waals surface area contributed by atoms with Crippen LogP contribution in [0.4, 0.5) is 0 Å². The van der Waals surface area contributed by atoms with E-state index in [9.17, 15) is 0 Å². The second-order valence-electron chi connectivity index (χ2n) is 4.71. The number of hydrogen-bond acceptors (Lipinski definition) is 3. The highest BCUT2D eigenvalue weighted by Crippen LogP contribution is 2.21. The van der Waals surface area contributed by atoms with Crippen LogP contribution >= 0.6 is 12.2 Å². The number of nitrogens with zero attached hydrogens (tertiary/aromatic N) is 2. The van der Waals surface area contributed by atoms with Gasteiger partial charge in [0.2, 0.25) is 0 Å². The second-order valence-corrected chi connectivity index (χ2v) is 5.10. The fourth-order valence-corrected chi connectivity index (χ4v) is 2.18. The van der Waals surface area contributed by atoms with E-state index in [0.29, 0.717) is 11.4 Å².